The summed E-state index contributed by atoms with van der Waals surface area (Å²) in [6.07, 6.45) is 0. The summed E-state index contributed by atoms with van der Waals surface area (Å²) in [5, 5.41) is 21.0. The topological polar surface area (TPSA) is 139 Å². The van der Waals surface area contributed by atoms with E-state index in [4.69, 9.17) is 9.47 Å². The monoisotopic (exact) mass is 514 g/mol. The van der Waals surface area contributed by atoms with E-state index < -0.39 is 21.8 Å². The fraction of sp³-hybridized carbons (Fsp3) is 0.0714. The number of non-ortho nitro benzene ring substituents is 2. The lowest BCUT2D eigenvalue weighted by Gasteiger charge is -2.06. The van der Waals surface area contributed by atoms with E-state index in [1.54, 1.807) is 24.3 Å². The molecular formula is C28H22N2O8. The molecule has 0 spiro atoms. The zero-order valence-electron chi connectivity index (χ0n) is 20.4. The Balaban J connectivity index is 0.000000211. The van der Waals surface area contributed by atoms with Crippen molar-refractivity contribution in [1.29, 1.82) is 0 Å². The first kappa shape index (κ1) is 27.2. The predicted molar refractivity (Wildman–Crippen MR) is 138 cm³/mol. The highest BCUT2D eigenvalue weighted by molar-refractivity contribution is 5.93. The van der Waals surface area contributed by atoms with Crippen LogP contribution in [0.4, 0.5) is 11.4 Å². The van der Waals surface area contributed by atoms with Crippen LogP contribution >= 0.6 is 0 Å². The third kappa shape index (κ3) is 7.31. The van der Waals surface area contributed by atoms with Crippen LogP contribution in [0, 0.1) is 34.1 Å². The number of nitro groups is 2. The lowest BCUT2D eigenvalue weighted by Crippen LogP contribution is -2.09. The predicted octanol–water partition coefficient (Wildman–Crippen LogP) is 6.24. The molecule has 0 aliphatic carbocycles. The van der Waals surface area contributed by atoms with E-state index in [-0.39, 0.29) is 22.9 Å². The minimum Gasteiger partial charge on any atom is -0.423 e. The number of nitro benzene ring substituents is 2. The first-order valence-corrected chi connectivity index (χ1v) is 11.2. The second kappa shape index (κ2) is 12.5. The number of carbonyl (C=O) groups excluding carboxylic acids is 2. The first-order valence-electron chi connectivity index (χ1n) is 11.2. The average Bonchev–Trinajstić information content (AvgIpc) is 2.90. The van der Waals surface area contributed by atoms with E-state index >= 15 is 0 Å². The molecule has 0 aliphatic heterocycles. The van der Waals surface area contributed by atoms with Crippen molar-refractivity contribution in [3.8, 4) is 11.5 Å². The van der Waals surface area contributed by atoms with Crippen LogP contribution in [0.15, 0.2) is 97.1 Å². The Morgan fingerprint density at radius 1 is 0.553 bits per heavy atom. The van der Waals surface area contributed by atoms with Gasteiger partial charge in [-0.25, -0.2) is 9.59 Å². The molecule has 192 valence electrons. The van der Waals surface area contributed by atoms with E-state index in [2.05, 4.69) is 0 Å². The van der Waals surface area contributed by atoms with Crippen LogP contribution in [0.2, 0.25) is 0 Å². The third-order valence-corrected chi connectivity index (χ3v) is 5.25. The number of esters is 2. The summed E-state index contributed by atoms with van der Waals surface area (Å²) in [6, 6.07) is 24.9. The molecule has 38 heavy (non-hydrogen) atoms. The van der Waals surface area contributed by atoms with Gasteiger partial charge in [0.2, 0.25) is 0 Å². The molecule has 0 N–H and O–H groups in total. The van der Waals surface area contributed by atoms with Crippen molar-refractivity contribution in [2.24, 2.45) is 0 Å². The van der Waals surface area contributed by atoms with Gasteiger partial charge in [0, 0.05) is 24.3 Å². The molecule has 0 aromatic heterocycles. The van der Waals surface area contributed by atoms with E-state index in [9.17, 15) is 29.8 Å². The van der Waals surface area contributed by atoms with Crippen LogP contribution < -0.4 is 9.47 Å². The van der Waals surface area contributed by atoms with Crippen LogP contribution in [0.1, 0.15) is 31.8 Å². The fourth-order valence-electron chi connectivity index (χ4n) is 3.20. The van der Waals surface area contributed by atoms with Gasteiger partial charge in [-0.3, -0.25) is 20.2 Å². The molecule has 4 aromatic rings. The van der Waals surface area contributed by atoms with Gasteiger partial charge in [-0.2, -0.15) is 0 Å². The van der Waals surface area contributed by atoms with Gasteiger partial charge < -0.3 is 9.47 Å². The molecule has 0 amide bonds. The van der Waals surface area contributed by atoms with E-state index in [0.717, 1.165) is 11.1 Å². The standard InChI is InChI=1S/2C14H11NO4/c2*1-10-4-2-3-5-13(10)14(16)19-12-8-6-11(7-9-12)15(17)18/h2*2-9H,1H3. The van der Waals surface area contributed by atoms with Crippen molar-refractivity contribution in [3.05, 3.63) is 140 Å². The highest BCUT2D eigenvalue weighted by Gasteiger charge is 2.13. The van der Waals surface area contributed by atoms with Crippen LogP contribution in [0.3, 0.4) is 0 Å². The van der Waals surface area contributed by atoms with Crippen molar-refractivity contribution in [2.75, 3.05) is 0 Å². The van der Waals surface area contributed by atoms with Crippen molar-refractivity contribution in [3.63, 3.8) is 0 Å². The Labute approximate surface area is 217 Å². The number of aryl methyl sites for hydroxylation is 2. The first-order chi connectivity index (χ1) is 18.2. The molecule has 10 nitrogen and oxygen atoms in total. The second-order valence-electron chi connectivity index (χ2n) is 7.91. The van der Waals surface area contributed by atoms with Gasteiger partial charge in [-0.1, -0.05) is 36.4 Å². The van der Waals surface area contributed by atoms with Crippen LogP contribution in [0.5, 0.6) is 11.5 Å². The molecular weight excluding hydrogens is 492 g/mol. The Hall–Kier alpha value is -5.38. The van der Waals surface area contributed by atoms with Gasteiger partial charge in [-0.15, -0.1) is 0 Å². The molecule has 0 atom stereocenters. The maximum absolute atomic E-state index is 11.9. The molecule has 0 saturated carbocycles. The zero-order valence-corrected chi connectivity index (χ0v) is 20.4. The molecule has 10 heteroatoms. The quantitative estimate of drug-likeness (QED) is 0.127. The average molecular weight is 514 g/mol. The number of hydrogen-bond donors (Lipinski definition) is 0. The highest BCUT2D eigenvalue weighted by Crippen LogP contribution is 2.20. The minimum atomic E-state index is -0.507. The molecule has 0 fully saturated rings. The van der Waals surface area contributed by atoms with E-state index in [0.29, 0.717) is 11.1 Å². The number of benzene rings is 4. The van der Waals surface area contributed by atoms with Crippen molar-refractivity contribution >= 4 is 23.3 Å². The molecule has 0 saturated heterocycles. The molecule has 4 aromatic carbocycles. The van der Waals surface area contributed by atoms with Gasteiger partial charge in [0.1, 0.15) is 11.5 Å². The minimum absolute atomic E-state index is 0.0457. The Kier molecular flexibility index (Phi) is 8.98. The lowest BCUT2D eigenvalue weighted by molar-refractivity contribution is -0.385. The summed E-state index contributed by atoms with van der Waals surface area (Å²) in [5.74, 6) is -0.406. The van der Waals surface area contributed by atoms with Crippen molar-refractivity contribution in [2.45, 2.75) is 13.8 Å². The molecule has 0 aliphatic rings. The van der Waals surface area contributed by atoms with Gasteiger partial charge in [-0.05, 0) is 61.4 Å². The summed E-state index contributed by atoms with van der Waals surface area (Å²) in [6.45, 7) is 3.62. The fourth-order valence-corrected chi connectivity index (χ4v) is 3.20. The van der Waals surface area contributed by atoms with Crippen LogP contribution in [-0.4, -0.2) is 21.8 Å². The highest BCUT2D eigenvalue weighted by atomic mass is 16.6. The van der Waals surface area contributed by atoms with Crippen molar-refractivity contribution in [1.82, 2.24) is 0 Å². The number of hydrogen-bond acceptors (Lipinski definition) is 8. The normalized spacial score (nSPS) is 9.95. The van der Waals surface area contributed by atoms with E-state index in [1.807, 2.05) is 38.1 Å². The number of nitrogens with zero attached hydrogens (tertiary/aromatic N) is 2. The number of rotatable bonds is 6. The van der Waals surface area contributed by atoms with Crippen LogP contribution in [-0.2, 0) is 0 Å². The molecule has 0 unspecified atom stereocenters. The van der Waals surface area contributed by atoms with Crippen LogP contribution in [0.25, 0.3) is 0 Å². The maximum Gasteiger partial charge on any atom is 0.343 e. The molecule has 0 radical (unpaired) electrons. The Bertz CT molecular complexity index is 1350. The third-order valence-electron chi connectivity index (χ3n) is 5.25. The summed E-state index contributed by atoms with van der Waals surface area (Å²) in [5.41, 5.74) is 2.48. The summed E-state index contributed by atoms with van der Waals surface area (Å²) in [4.78, 5) is 43.8. The van der Waals surface area contributed by atoms with Gasteiger partial charge in [0.25, 0.3) is 11.4 Å². The lowest BCUT2D eigenvalue weighted by atomic mass is 10.1. The second-order valence-corrected chi connectivity index (χ2v) is 7.91. The smallest absolute Gasteiger partial charge is 0.343 e. The number of carbonyl (C=O) groups is 2. The van der Waals surface area contributed by atoms with Gasteiger partial charge in [0.05, 0.1) is 21.0 Å². The van der Waals surface area contributed by atoms with Gasteiger partial charge >= 0.3 is 11.9 Å². The Morgan fingerprint density at radius 3 is 1.16 bits per heavy atom. The summed E-state index contributed by atoms with van der Waals surface area (Å²) >= 11 is 0. The maximum atomic E-state index is 11.9. The molecule has 0 heterocycles. The largest absolute Gasteiger partial charge is 0.423 e. The number of ether oxygens (including phenoxy) is 2. The zero-order chi connectivity index (χ0) is 27.7. The van der Waals surface area contributed by atoms with Gasteiger partial charge in [0.15, 0.2) is 0 Å². The van der Waals surface area contributed by atoms with Crippen molar-refractivity contribution < 1.29 is 28.9 Å². The Morgan fingerprint density at radius 2 is 0.868 bits per heavy atom. The summed E-state index contributed by atoms with van der Waals surface area (Å²) < 4.78 is 10.3. The summed E-state index contributed by atoms with van der Waals surface area (Å²) in [7, 11) is 0. The molecule has 0 bridgehead atoms. The van der Waals surface area contributed by atoms with E-state index in [1.165, 1.54) is 48.5 Å². The SMILES string of the molecule is Cc1ccccc1C(=O)Oc1ccc([N+](=O)[O-])cc1.Cc1ccccc1C(=O)Oc1ccc([N+](=O)[O-])cc1. The molecule has 4 rings (SSSR count).